The molecule has 0 aliphatic carbocycles. The number of H-pyrrole nitrogens is 1. The molecule has 0 fully saturated rings. The topological polar surface area (TPSA) is 97.7 Å². The number of nitrogens with one attached hydrogen (secondary N) is 2. The number of carbonyl (C=O) groups excluding carboxylic acids is 1. The van der Waals surface area contributed by atoms with Gasteiger partial charge in [0, 0.05) is 30.4 Å². The van der Waals surface area contributed by atoms with Crippen molar-refractivity contribution in [3.8, 4) is 6.07 Å². The summed E-state index contributed by atoms with van der Waals surface area (Å²) in [6.45, 7) is 3.14. The van der Waals surface area contributed by atoms with E-state index in [-0.39, 0.29) is 6.03 Å². The number of fused-ring (bicyclic) bond motifs is 1. The van der Waals surface area contributed by atoms with Crippen molar-refractivity contribution in [3.63, 3.8) is 0 Å². The summed E-state index contributed by atoms with van der Waals surface area (Å²) in [5, 5.41) is 12.9. The molecule has 3 heterocycles. The molecule has 7 nitrogen and oxygen atoms in total. The minimum atomic E-state index is -0.175. The largest absolute Gasteiger partial charge is 0.346 e. The van der Waals surface area contributed by atoms with Gasteiger partial charge in [0.1, 0.15) is 12.0 Å². The number of aromatic amines is 1. The normalized spacial score (nSPS) is 13.9. The number of hydrogen-bond donors (Lipinski definition) is 2. The van der Waals surface area contributed by atoms with Crippen LogP contribution in [-0.2, 0) is 0 Å². The number of nitrogens with zero attached hydrogens (tertiary/aromatic N) is 4. The quantitative estimate of drug-likeness (QED) is 0.733. The summed E-state index contributed by atoms with van der Waals surface area (Å²) in [4.78, 5) is 26.1. The Morgan fingerprint density at radius 2 is 2.26 bits per heavy atom. The maximum atomic E-state index is 12.5. The van der Waals surface area contributed by atoms with Crippen LogP contribution in [0.4, 0.5) is 10.5 Å². The van der Waals surface area contributed by atoms with Gasteiger partial charge in [-0.25, -0.2) is 14.8 Å². The van der Waals surface area contributed by atoms with Crippen LogP contribution >= 0.6 is 0 Å². The number of nitriles is 1. The highest BCUT2D eigenvalue weighted by Crippen LogP contribution is 2.28. The Hall–Kier alpha value is -3.66. The molecule has 134 valence electrons. The summed E-state index contributed by atoms with van der Waals surface area (Å²) in [7, 11) is 0. The molecule has 4 rings (SSSR count). The van der Waals surface area contributed by atoms with Gasteiger partial charge in [-0.2, -0.15) is 5.26 Å². The lowest BCUT2D eigenvalue weighted by Crippen LogP contribution is -2.38. The molecule has 7 heteroatoms. The van der Waals surface area contributed by atoms with Gasteiger partial charge < -0.3 is 15.2 Å². The molecule has 27 heavy (non-hydrogen) atoms. The molecule has 2 aromatic heterocycles. The zero-order valence-electron chi connectivity index (χ0n) is 14.9. The Kier molecular flexibility index (Phi) is 4.30. The SMILES string of the molecule is Cc1c[nH]c2ncnc(C3=CCN(C(=O)Nc4cccc(C#N)c4)CC3)c12. The number of carbonyl (C=O) groups is 1. The molecule has 2 N–H and O–H groups in total. The molecule has 0 bridgehead atoms. The summed E-state index contributed by atoms with van der Waals surface area (Å²) >= 11 is 0. The van der Waals surface area contributed by atoms with E-state index in [2.05, 4.69) is 26.3 Å². The van der Waals surface area contributed by atoms with Crippen molar-refractivity contribution in [1.82, 2.24) is 19.9 Å². The fourth-order valence-electron chi connectivity index (χ4n) is 3.30. The molecule has 0 saturated heterocycles. The number of rotatable bonds is 2. The number of benzene rings is 1. The summed E-state index contributed by atoms with van der Waals surface area (Å²) < 4.78 is 0. The first kappa shape index (κ1) is 16.8. The van der Waals surface area contributed by atoms with Gasteiger partial charge in [-0.05, 0) is 42.7 Å². The van der Waals surface area contributed by atoms with Crippen molar-refractivity contribution in [2.75, 3.05) is 18.4 Å². The first-order chi connectivity index (χ1) is 13.2. The van der Waals surface area contributed by atoms with Crippen LogP contribution in [0.3, 0.4) is 0 Å². The van der Waals surface area contributed by atoms with E-state index in [0.29, 0.717) is 24.3 Å². The highest BCUT2D eigenvalue weighted by Gasteiger charge is 2.20. The molecule has 3 aromatic rings. The van der Waals surface area contributed by atoms with Crippen LogP contribution in [0, 0.1) is 18.3 Å². The van der Waals surface area contributed by atoms with Gasteiger partial charge in [-0.1, -0.05) is 12.1 Å². The summed E-state index contributed by atoms with van der Waals surface area (Å²) in [6, 6.07) is 8.79. The van der Waals surface area contributed by atoms with Crippen molar-refractivity contribution in [2.24, 2.45) is 0 Å². The van der Waals surface area contributed by atoms with E-state index >= 15 is 0 Å². The van der Waals surface area contributed by atoms with Crippen molar-refractivity contribution in [1.29, 1.82) is 5.26 Å². The summed E-state index contributed by atoms with van der Waals surface area (Å²) in [5.74, 6) is 0. The van der Waals surface area contributed by atoms with E-state index in [1.165, 1.54) is 0 Å². The zero-order chi connectivity index (χ0) is 18.8. The van der Waals surface area contributed by atoms with Crippen LogP contribution in [0.5, 0.6) is 0 Å². The van der Waals surface area contributed by atoms with Gasteiger partial charge >= 0.3 is 6.03 Å². The third-order valence-electron chi connectivity index (χ3n) is 4.71. The van der Waals surface area contributed by atoms with Crippen molar-refractivity contribution in [2.45, 2.75) is 13.3 Å². The Balaban J connectivity index is 1.50. The number of amides is 2. The molecule has 0 unspecified atom stereocenters. The lowest BCUT2D eigenvalue weighted by molar-refractivity contribution is 0.217. The van der Waals surface area contributed by atoms with E-state index < -0.39 is 0 Å². The molecule has 1 aromatic carbocycles. The molecule has 0 saturated carbocycles. The third kappa shape index (κ3) is 3.25. The van der Waals surface area contributed by atoms with Crippen LogP contribution in [0.2, 0.25) is 0 Å². The minimum absolute atomic E-state index is 0.175. The number of aromatic nitrogens is 3. The highest BCUT2D eigenvalue weighted by molar-refractivity contribution is 5.93. The molecule has 0 atom stereocenters. The molecule has 0 radical (unpaired) electrons. The first-order valence-electron chi connectivity index (χ1n) is 8.70. The van der Waals surface area contributed by atoms with Gasteiger partial charge in [0.2, 0.25) is 0 Å². The molecule has 1 aliphatic heterocycles. The lowest BCUT2D eigenvalue weighted by Gasteiger charge is -2.26. The number of anilines is 1. The molecular weight excluding hydrogens is 340 g/mol. The van der Waals surface area contributed by atoms with Gasteiger partial charge in [-0.15, -0.1) is 0 Å². The van der Waals surface area contributed by atoms with E-state index in [1.807, 2.05) is 19.2 Å². The van der Waals surface area contributed by atoms with Crippen LogP contribution in [0.1, 0.15) is 23.2 Å². The average Bonchev–Trinajstić information content (AvgIpc) is 3.09. The van der Waals surface area contributed by atoms with Gasteiger partial charge in [0.05, 0.1) is 17.3 Å². The maximum Gasteiger partial charge on any atom is 0.322 e. The fourth-order valence-corrected chi connectivity index (χ4v) is 3.30. The van der Waals surface area contributed by atoms with E-state index in [9.17, 15) is 4.79 Å². The van der Waals surface area contributed by atoms with Crippen molar-refractivity contribution >= 4 is 28.3 Å². The second kappa shape index (κ2) is 6.92. The zero-order valence-corrected chi connectivity index (χ0v) is 14.9. The van der Waals surface area contributed by atoms with E-state index in [1.54, 1.807) is 35.5 Å². The molecule has 0 spiro atoms. The van der Waals surface area contributed by atoms with Crippen LogP contribution < -0.4 is 5.32 Å². The Morgan fingerprint density at radius 1 is 1.37 bits per heavy atom. The summed E-state index contributed by atoms with van der Waals surface area (Å²) in [6.07, 6.45) is 6.27. The minimum Gasteiger partial charge on any atom is -0.346 e. The van der Waals surface area contributed by atoms with Gasteiger partial charge in [0.15, 0.2) is 0 Å². The predicted molar refractivity (Wildman–Crippen MR) is 103 cm³/mol. The molecule has 1 aliphatic rings. The smallest absolute Gasteiger partial charge is 0.322 e. The Morgan fingerprint density at radius 3 is 3.04 bits per heavy atom. The number of aryl methyl sites for hydroxylation is 1. The van der Waals surface area contributed by atoms with Gasteiger partial charge in [0.25, 0.3) is 0 Å². The predicted octanol–water partition coefficient (Wildman–Crippen LogP) is 3.46. The number of hydrogen-bond acceptors (Lipinski definition) is 4. The van der Waals surface area contributed by atoms with E-state index in [0.717, 1.165) is 34.3 Å². The van der Waals surface area contributed by atoms with Crippen LogP contribution in [0.25, 0.3) is 16.6 Å². The monoisotopic (exact) mass is 358 g/mol. The Bertz CT molecular complexity index is 1090. The van der Waals surface area contributed by atoms with E-state index in [4.69, 9.17) is 5.26 Å². The summed E-state index contributed by atoms with van der Waals surface area (Å²) in [5.41, 5.74) is 5.13. The lowest BCUT2D eigenvalue weighted by atomic mass is 10.0. The standard InChI is InChI=1S/C20H18N6O/c1-13-11-22-19-17(13)18(23-12-24-19)15-5-7-26(8-6-15)20(27)25-16-4-2-3-14(9-16)10-21/h2-5,9,11-12H,6-8H2,1H3,(H,25,27)(H,22,23,24). The Labute approximate surface area is 156 Å². The van der Waals surface area contributed by atoms with Crippen LogP contribution in [0.15, 0.2) is 42.9 Å². The van der Waals surface area contributed by atoms with Crippen molar-refractivity contribution in [3.05, 3.63) is 59.7 Å². The highest BCUT2D eigenvalue weighted by atomic mass is 16.2. The maximum absolute atomic E-state index is 12.5. The van der Waals surface area contributed by atoms with Gasteiger partial charge in [-0.3, -0.25) is 0 Å². The molecule has 2 amide bonds. The molecular formula is C20H18N6O. The van der Waals surface area contributed by atoms with Crippen LogP contribution in [-0.4, -0.2) is 39.0 Å². The second-order valence-corrected chi connectivity index (χ2v) is 6.47. The second-order valence-electron chi connectivity index (χ2n) is 6.47. The third-order valence-corrected chi connectivity index (χ3v) is 4.71. The van der Waals surface area contributed by atoms with Crippen molar-refractivity contribution < 1.29 is 4.79 Å². The average molecular weight is 358 g/mol. The number of urea groups is 1. The fraction of sp³-hybridized carbons (Fsp3) is 0.200. The first-order valence-corrected chi connectivity index (χ1v) is 8.70.